The normalized spacial score (nSPS) is 23.9. The maximum Gasteiger partial charge on any atom is 0.497 e. The molecule has 0 amide bonds. The molecule has 1 aromatic carbocycles. The summed E-state index contributed by atoms with van der Waals surface area (Å²) in [6, 6.07) is 3.06. The van der Waals surface area contributed by atoms with Gasteiger partial charge in [-0.3, -0.25) is 0 Å². The van der Waals surface area contributed by atoms with E-state index in [0.717, 1.165) is 19.3 Å². The molecule has 2 aliphatic heterocycles. The highest BCUT2D eigenvalue weighted by molar-refractivity contribution is 6.62. The Kier molecular flexibility index (Phi) is 4.84. The van der Waals surface area contributed by atoms with Crippen molar-refractivity contribution in [3.05, 3.63) is 36.2 Å². The summed E-state index contributed by atoms with van der Waals surface area (Å²) in [6.07, 6.45) is 6.03. The zero-order valence-corrected chi connectivity index (χ0v) is 16.7. The van der Waals surface area contributed by atoms with Crippen molar-refractivity contribution in [2.24, 2.45) is 0 Å². The molecule has 1 atom stereocenters. The number of hydrogen-bond donors (Lipinski definition) is 0. The highest BCUT2D eigenvalue weighted by Crippen LogP contribution is 2.37. The Balaban J connectivity index is 1.61. The summed E-state index contributed by atoms with van der Waals surface area (Å²) < 4.78 is 48.8. The second-order valence-electron chi connectivity index (χ2n) is 8.45. The van der Waals surface area contributed by atoms with Crippen LogP contribution in [0.25, 0.3) is 11.1 Å². The van der Waals surface area contributed by atoms with E-state index in [4.69, 9.17) is 14.0 Å². The molecule has 0 N–H and O–H groups in total. The number of halogens is 2. The Morgan fingerprint density at radius 2 is 1.79 bits per heavy atom. The highest BCUT2D eigenvalue weighted by atomic mass is 19.2. The molecule has 150 valence electrons. The van der Waals surface area contributed by atoms with Crippen LogP contribution in [0.3, 0.4) is 0 Å². The smallest absolute Gasteiger partial charge is 0.399 e. The molecule has 28 heavy (non-hydrogen) atoms. The lowest BCUT2D eigenvalue weighted by atomic mass is 9.78. The lowest BCUT2D eigenvalue weighted by Crippen LogP contribution is -2.41. The van der Waals surface area contributed by atoms with Gasteiger partial charge in [0.25, 0.3) is 0 Å². The first-order chi connectivity index (χ1) is 13.2. The summed E-state index contributed by atoms with van der Waals surface area (Å²) in [5, 5.41) is 4.28. The van der Waals surface area contributed by atoms with Crippen molar-refractivity contribution in [1.29, 1.82) is 0 Å². The molecule has 2 saturated heterocycles. The molecule has 4 rings (SSSR count). The second-order valence-corrected chi connectivity index (χ2v) is 8.45. The molecule has 1 unspecified atom stereocenters. The van der Waals surface area contributed by atoms with E-state index in [0.29, 0.717) is 12.2 Å². The van der Waals surface area contributed by atoms with Gasteiger partial charge in [0.2, 0.25) is 0 Å². The van der Waals surface area contributed by atoms with Crippen LogP contribution in [0.2, 0.25) is 0 Å². The van der Waals surface area contributed by atoms with Crippen LogP contribution in [-0.4, -0.2) is 34.7 Å². The molecule has 0 saturated carbocycles. The molecular formula is C20H25BF2N2O3. The van der Waals surface area contributed by atoms with E-state index in [2.05, 4.69) is 5.10 Å². The number of nitrogens with zero attached hydrogens (tertiary/aromatic N) is 2. The van der Waals surface area contributed by atoms with Crippen molar-refractivity contribution in [2.45, 2.75) is 64.4 Å². The molecule has 8 heteroatoms. The summed E-state index contributed by atoms with van der Waals surface area (Å²) in [5.74, 6) is -1.89. The topological polar surface area (TPSA) is 45.5 Å². The van der Waals surface area contributed by atoms with E-state index in [9.17, 15) is 8.78 Å². The van der Waals surface area contributed by atoms with Crippen molar-refractivity contribution < 1.29 is 22.8 Å². The number of rotatable bonds is 3. The molecule has 0 radical (unpaired) electrons. The van der Waals surface area contributed by atoms with Gasteiger partial charge in [0.15, 0.2) is 11.6 Å². The van der Waals surface area contributed by atoms with Crippen LogP contribution in [-0.2, 0) is 14.0 Å². The fourth-order valence-corrected chi connectivity index (χ4v) is 3.51. The summed E-state index contributed by atoms with van der Waals surface area (Å²) >= 11 is 0. The van der Waals surface area contributed by atoms with E-state index in [1.54, 1.807) is 16.9 Å². The Morgan fingerprint density at radius 1 is 1.07 bits per heavy atom. The highest BCUT2D eigenvalue weighted by Gasteiger charge is 2.52. The summed E-state index contributed by atoms with van der Waals surface area (Å²) in [6.45, 7) is 8.18. The van der Waals surface area contributed by atoms with Crippen LogP contribution in [0.5, 0.6) is 0 Å². The zero-order valence-electron chi connectivity index (χ0n) is 16.7. The van der Waals surface area contributed by atoms with Gasteiger partial charge < -0.3 is 14.0 Å². The van der Waals surface area contributed by atoms with Gasteiger partial charge in [0.1, 0.15) is 6.23 Å². The number of hydrogen-bond acceptors (Lipinski definition) is 4. The first kappa shape index (κ1) is 19.5. The average molecular weight is 390 g/mol. The number of benzene rings is 1. The molecule has 2 fully saturated rings. The summed E-state index contributed by atoms with van der Waals surface area (Å²) in [7, 11) is -0.952. The van der Waals surface area contributed by atoms with Crippen LogP contribution >= 0.6 is 0 Å². The van der Waals surface area contributed by atoms with E-state index in [1.807, 2.05) is 27.7 Å². The first-order valence-electron chi connectivity index (χ1n) is 9.69. The van der Waals surface area contributed by atoms with E-state index < -0.39 is 30.0 Å². The van der Waals surface area contributed by atoms with Gasteiger partial charge in [-0.15, -0.1) is 0 Å². The standard InChI is InChI=1S/C20H25BF2N2O3/c1-19(2)20(3,4)28-21(27-19)15-9-8-14(17(22)18(15)23)13-11-24-25(12-13)16-7-5-6-10-26-16/h8-9,11-12,16H,5-7,10H2,1-4H3. The summed E-state index contributed by atoms with van der Waals surface area (Å²) in [5.41, 5.74) is -0.533. The van der Waals surface area contributed by atoms with Crippen LogP contribution in [0.1, 0.15) is 53.2 Å². The van der Waals surface area contributed by atoms with Crippen LogP contribution in [0.15, 0.2) is 24.5 Å². The molecule has 5 nitrogen and oxygen atoms in total. The van der Waals surface area contributed by atoms with Crippen LogP contribution < -0.4 is 5.46 Å². The minimum Gasteiger partial charge on any atom is -0.399 e. The van der Waals surface area contributed by atoms with E-state index >= 15 is 0 Å². The lowest BCUT2D eigenvalue weighted by molar-refractivity contribution is -0.0394. The van der Waals surface area contributed by atoms with Gasteiger partial charge in [0.05, 0.1) is 17.4 Å². The van der Waals surface area contributed by atoms with Gasteiger partial charge in [-0.25, -0.2) is 13.5 Å². The van der Waals surface area contributed by atoms with Crippen molar-refractivity contribution in [3.8, 4) is 11.1 Å². The van der Waals surface area contributed by atoms with Crippen LogP contribution in [0.4, 0.5) is 8.78 Å². The third-order valence-corrected chi connectivity index (χ3v) is 5.98. The van der Waals surface area contributed by atoms with Gasteiger partial charge >= 0.3 is 7.12 Å². The van der Waals surface area contributed by atoms with Crippen molar-refractivity contribution >= 4 is 12.6 Å². The van der Waals surface area contributed by atoms with Crippen molar-refractivity contribution in [1.82, 2.24) is 9.78 Å². The van der Waals surface area contributed by atoms with Gasteiger partial charge in [-0.05, 0) is 47.0 Å². The van der Waals surface area contributed by atoms with Crippen molar-refractivity contribution in [2.75, 3.05) is 6.61 Å². The number of aromatic nitrogens is 2. The van der Waals surface area contributed by atoms with Crippen LogP contribution in [0, 0.1) is 11.6 Å². The molecule has 0 spiro atoms. The Labute approximate surface area is 164 Å². The molecule has 2 aliphatic rings. The molecule has 1 aromatic heterocycles. The quantitative estimate of drug-likeness (QED) is 0.748. The monoisotopic (exact) mass is 390 g/mol. The Morgan fingerprint density at radius 3 is 2.43 bits per heavy atom. The maximum atomic E-state index is 14.9. The zero-order chi connectivity index (χ0) is 20.1. The third kappa shape index (κ3) is 3.27. The summed E-state index contributed by atoms with van der Waals surface area (Å²) in [4.78, 5) is 0. The van der Waals surface area contributed by atoms with Gasteiger partial charge in [-0.2, -0.15) is 5.10 Å². The minimum absolute atomic E-state index is 0.0582. The Hall–Kier alpha value is -1.77. The molecule has 0 bridgehead atoms. The van der Waals surface area contributed by atoms with Gasteiger partial charge in [0, 0.05) is 29.4 Å². The maximum absolute atomic E-state index is 14.9. The lowest BCUT2D eigenvalue weighted by Gasteiger charge is -2.32. The number of ether oxygens (including phenoxy) is 1. The minimum atomic E-state index is -0.960. The van der Waals surface area contributed by atoms with Gasteiger partial charge in [-0.1, -0.05) is 12.1 Å². The predicted octanol–water partition coefficient (Wildman–Crippen LogP) is 3.83. The fraction of sp³-hybridized carbons (Fsp3) is 0.550. The van der Waals surface area contributed by atoms with E-state index in [-0.39, 0.29) is 17.3 Å². The predicted molar refractivity (Wildman–Crippen MR) is 102 cm³/mol. The average Bonchev–Trinajstić information content (AvgIpc) is 3.21. The Bertz CT molecular complexity index is 862. The van der Waals surface area contributed by atoms with Crippen molar-refractivity contribution in [3.63, 3.8) is 0 Å². The second kappa shape index (κ2) is 6.93. The molecular weight excluding hydrogens is 365 g/mol. The fourth-order valence-electron chi connectivity index (χ4n) is 3.51. The molecule has 3 heterocycles. The SMILES string of the molecule is CC1(C)OB(c2ccc(-c3cnn(C4CCCCO4)c3)c(F)c2F)OC1(C)C. The molecule has 2 aromatic rings. The first-order valence-corrected chi connectivity index (χ1v) is 9.69. The molecule has 0 aliphatic carbocycles. The largest absolute Gasteiger partial charge is 0.497 e. The van der Waals surface area contributed by atoms with E-state index in [1.165, 1.54) is 12.3 Å². The third-order valence-electron chi connectivity index (χ3n) is 5.98.